The number of aliphatic hydroxyl groups excluding tert-OH is 1. The van der Waals surface area contributed by atoms with Gasteiger partial charge in [0.05, 0.1) is 45.6 Å². The molecule has 0 bridgehead atoms. The van der Waals surface area contributed by atoms with Gasteiger partial charge in [0, 0.05) is 19.5 Å². The van der Waals surface area contributed by atoms with E-state index in [1.54, 1.807) is 54.3 Å². The van der Waals surface area contributed by atoms with Crippen LogP contribution in [-0.4, -0.2) is 78.4 Å². The number of ether oxygens (including phenoxy) is 1. The number of aliphatic hydroxyl groups is 1. The standard InChI is InChI=1S/C31H34N4O6S2/c1-19-12-14-22(15-13-19)43(39,40)34(4)17-26-20(2)16-35(21(3)18-36)31(38)23-8-7-10-25(28(23)41-26)32-29(37)30-33-24-9-5-6-11-27(24)42-30/h5-15,20-21,26,36H,16-18H2,1-4H3,(H,32,37)/t20-,21-,26-/m1/s1. The lowest BCUT2D eigenvalue weighted by Gasteiger charge is -2.38. The Morgan fingerprint density at radius 2 is 1.88 bits per heavy atom. The van der Waals surface area contributed by atoms with E-state index in [1.165, 1.54) is 22.7 Å². The quantitative estimate of drug-likeness (QED) is 0.298. The van der Waals surface area contributed by atoms with Crippen molar-refractivity contribution in [3.8, 4) is 5.75 Å². The van der Waals surface area contributed by atoms with Gasteiger partial charge in [-0.25, -0.2) is 13.4 Å². The monoisotopic (exact) mass is 622 g/mol. The van der Waals surface area contributed by atoms with Crippen molar-refractivity contribution in [2.45, 2.75) is 37.8 Å². The fraction of sp³-hybridized carbons (Fsp3) is 0.323. The van der Waals surface area contributed by atoms with Crippen LogP contribution in [0.4, 0.5) is 5.69 Å². The summed E-state index contributed by atoms with van der Waals surface area (Å²) < 4.78 is 35.5. The molecule has 0 fully saturated rings. The summed E-state index contributed by atoms with van der Waals surface area (Å²) in [5.74, 6) is -1.03. The van der Waals surface area contributed by atoms with E-state index in [0.29, 0.717) is 5.52 Å². The molecule has 226 valence electrons. The van der Waals surface area contributed by atoms with Crippen LogP contribution in [0.15, 0.2) is 71.6 Å². The highest BCUT2D eigenvalue weighted by molar-refractivity contribution is 7.89. The number of benzene rings is 3. The van der Waals surface area contributed by atoms with Crippen molar-refractivity contribution < 1.29 is 27.9 Å². The van der Waals surface area contributed by atoms with Gasteiger partial charge in [0.2, 0.25) is 10.0 Å². The van der Waals surface area contributed by atoms with Gasteiger partial charge in [-0.05, 0) is 50.2 Å². The van der Waals surface area contributed by atoms with E-state index in [4.69, 9.17) is 4.74 Å². The Balaban J connectivity index is 1.51. The summed E-state index contributed by atoms with van der Waals surface area (Å²) in [5, 5.41) is 13.1. The first-order chi connectivity index (χ1) is 20.5. The summed E-state index contributed by atoms with van der Waals surface area (Å²) in [5.41, 5.74) is 2.10. The van der Waals surface area contributed by atoms with Gasteiger partial charge in [0.1, 0.15) is 6.10 Å². The third-order valence-corrected chi connectivity index (χ3v) is 10.5. The van der Waals surface area contributed by atoms with Crippen molar-refractivity contribution in [2.24, 2.45) is 5.92 Å². The first kappa shape index (κ1) is 30.6. The van der Waals surface area contributed by atoms with Crippen LogP contribution >= 0.6 is 11.3 Å². The highest BCUT2D eigenvalue weighted by atomic mass is 32.2. The molecule has 1 aromatic heterocycles. The number of para-hydroxylation sites is 2. The fourth-order valence-electron chi connectivity index (χ4n) is 4.95. The second-order valence-electron chi connectivity index (χ2n) is 10.8. The SMILES string of the molecule is Cc1ccc(S(=O)(=O)N(C)C[C@H]2Oc3c(NC(=O)c4nc5ccccc5s4)cccc3C(=O)N([C@H](C)CO)C[C@H]2C)cc1. The average molecular weight is 623 g/mol. The summed E-state index contributed by atoms with van der Waals surface area (Å²) in [6.45, 7) is 5.45. The molecule has 0 aliphatic carbocycles. The molecule has 2 amide bonds. The van der Waals surface area contributed by atoms with Gasteiger partial charge in [-0.3, -0.25) is 9.59 Å². The Labute approximate surface area is 255 Å². The van der Waals surface area contributed by atoms with Crippen molar-refractivity contribution in [3.05, 3.63) is 82.9 Å². The van der Waals surface area contributed by atoms with Crippen LogP contribution in [0, 0.1) is 12.8 Å². The van der Waals surface area contributed by atoms with E-state index in [9.17, 15) is 23.1 Å². The summed E-state index contributed by atoms with van der Waals surface area (Å²) in [6.07, 6.45) is -0.703. The number of rotatable bonds is 8. The summed E-state index contributed by atoms with van der Waals surface area (Å²) >= 11 is 1.25. The second-order valence-corrected chi connectivity index (χ2v) is 13.9. The fourth-order valence-corrected chi connectivity index (χ4v) is 6.99. The van der Waals surface area contributed by atoms with Crippen molar-refractivity contribution in [3.63, 3.8) is 0 Å². The molecule has 0 unspecified atom stereocenters. The first-order valence-electron chi connectivity index (χ1n) is 13.9. The summed E-state index contributed by atoms with van der Waals surface area (Å²) in [7, 11) is -2.35. The average Bonchev–Trinajstić information content (AvgIpc) is 3.44. The van der Waals surface area contributed by atoms with Crippen molar-refractivity contribution in [1.82, 2.24) is 14.2 Å². The number of hydrogen-bond acceptors (Lipinski definition) is 8. The molecule has 1 aliphatic rings. The Morgan fingerprint density at radius 3 is 2.58 bits per heavy atom. The van der Waals surface area contributed by atoms with Gasteiger partial charge in [-0.15, -0.1) is 11.3 Å². The Bertz CT molecular complexity index is 1720. The number of carbonyl (C=O) groups excluding carboxylic acids is 2. The number of amides is 2. The first-order valence-corrected chi connectivity index (χ1v) is 16.2. The molecule has 3 aromatic carbocycles. The molecule has 0 saturated heterocycles. The van der Waals surface area contributed by atoms with Crippen LogP contribution in [0.25, 0.3) is 10.2 Å². The highest BCUT2D eigenvalue weighted by Gasteiger charge is 2.36. The van der Waals surface area contributed by atoms with Gasteiger partial charge in [-0.1, -0.05) is 42.8 Å². The molecule has 10 nitrogen and oxygen atoms in total. The number of likely N-dealkylation sites (N-methyl/N-ethyl adjacent to an activating group) is 1. The zero-order chi connectivity index (χ0) is 30.9. The van der Waals surface area contributed by atoms with Crippen molar-refractivity contribution >= 4 is 49.1 Å². The van der Waals surface area contributed by atoms with E-state index in [-0.39, 0.29) is 58.4 Å². The minimum atomic E-state index is -3.84. The van der Waals surface area contributed by atoms with Crippen molar-refractivity contribution in [2.75, 3.05) is 32.1 Å². The van der Waals surface area contributed by atoms with Gasteiger partial charge in [0.25, 0.3) is 11.8 Å². The lowest BCUT2D eigenvalue weighted by Crippen LogP contribution is -2.50. The van der Waals surface area contributed by atoms with Gasteiger partial charge < -0.3 is 20.1 Å². The summed E-state index contributed by atoms with van der Waals surface area (Å²) in [4.78, 5) is 33.2. The molecule has 4 aromatic rings. The number of anilines is 1. The minimum Gasteiger partial charge on any atom is -0.486 e. The Kier molecular flexibility index (Phi) is 8.84. The number of nitrogens with one attached hydrogen (secondary N) is 1. The van der Waals surface area contributed by atoms with E-state index in [0.717, 1.165) is 10.3 Å². The second kappa shape index (κ2) is 12.4. The van der Waals surface area contributed by atoms with E-state index >= 15 is 0 Å². The van der Waals surface area contributed by atoms with Crippen molar-refractivity contribution in [1.29, 1.82) is 0 Å². The third-order valence-electron chi connectivity index (χ3n) is 7.59. The lowest BCUT2D eigenvalue weighted by molar-refractivity contribution is 0.0388. The number of sulfonamides is 1. The van der Waals surface area contributed by atoms with Crippen LogP contribution in [0.3, 0.4) is 0 Å². The molecule has 2 N–H and O–H groups in total. The normalized spacial score (nSPS) is 18.1. The summed E-state index contributed by atoms with van der Waals surface area (Å²) in [6, 6.07) is 18.4. The zero-order valence-electron chi connectivity index (χ0n) is 24.4. The molecule has 2 heterocycles. The number of carbonyl (C=O) groups is 2. The number of aryl methyl sites for hydroxylation is 1. The van der Waals surface area contributed by atoms with Gasteiger partial charge in [-0.2, -0.15) is 4.31 Å². The maximum atomic E-state index is 13.8. The largest absolute Gasteiger partial charge is 0.486 e. The molecule has 5 rings (SSSR count). The number of hydrogen-bond donors (Lipinski definition) is 2. The van der Waals surface area contributed by atoms with Gasteiger partial charge >= 0.3 is 0 Å². The molecule has 12 heteroatoms. The molecule has 3 atom stereocenters. The minimum absolute atomic E-state index is 0.0213. The topological polar surface area (TPSA) is 129 Å². The number of aromatic nitrogens is 1. The number of fused-ring (bicyclic) bond motifs is 2. The van der Waals surface area contributed by atoms with Crippen LogP contribution in [0.2, 0.25) is 0 Å². The Hall–Kier alpha value is -3.84. The molecular weight excluding hydrogens is 588 g/mol. The smallest absolute Gasteiger partial charge is 0.284 e. The maximum Gasteiger partial charge on any atom is 0.284 e. The maximum absolute atomic E-state index is 13.8. The molecule has 1 aliphatic heterocycles. The van der Waals surface area contributed by atoms with Crippen LogP contribution in [-0.2, 0) is 10.0 Å². The van der Waals surface area contributed by atoms with Gasteiger partial charge in [0.15, 0.2) is 10.8 Å². The molecule has 0 spiro atoms. The van der Waals surface area contributed by atoms with E-state index in [1.807, 2.05) is 38.1 Å². The predicted octanol–water partition coefficient (Wildman–Crippen LogP) is 4.40. The van der Waals surface area contributed by atoms with Crippen LogP contribution < -0.4 is 10.1 Å². The molecule has 0 radical (unpaired) electrons. The molecule has 0 saturated carbocycles. The molecular formula is C31H34N4O6S2. The number of nitrogens with zero attached hydrogens (tertiary/aromatic N) is 3. The third kappa shape index (κ3) is 6.28. The number of thiazole rings is 1. The molecule has 43 heavy (non-hydrogen) atoms. The predicted molar refractivity (Wildman–Crippen MR) is 166 cm³/mol. The zero-order valence-corrected chi connectivity index (χ0v) is 26.0. The Morgan fingerprint density at radius 1 is 1.16 bits per heavy atom. The highest BCUT2D eigenvalue weighted by Crippen LogP contribution is 2.36. The van der Waals surface area contributed by atoms with E-state index in [2.05, 4.69) is 10.3 Å². The van der Waals surface area contributed by atoms with Crippen LogP contribution in [0.5, 0.6) is 5.75 Å². The lowest BCUT2D eigenvalue weighted by atomic mass is 9.99. The van der Waals surface area contributed by atoms with Crippen LogP contribution in [0.1, 0.15) is 39.6 Å². The van der Waals surface area contributed by atoms with E-state index < -0.39 is 28.1 Å².